The summed E-state index contributed by atoms with van der Waals surface area (Å²) in [5, 5.41) is 0. The Balaban J connectivity index is 1.63. The summed E-state index contributed by atoms with van der Waals surface area (Å²) in [7, 11) is -2.32. The highest BCUT2D eigenvalue weighted by Gasteiger charge is 2.50. The number of rotatable bonds is 18. The Kier molecular flexibility index (Phi) is 16.3. The smallest absolute Gasteiger partial charge is 0.311 e. The fourth-order valence-electron chi connectivity index (χ4n) is 9.53. The molecule has 7 heteroatoms. The van der Waals surface area contributed by atoms with Gasteiger partial charge in [0.2, 0.25) is 0 Å². The Bertz CT molecular complexity index is 1850. The summed E-state index contributed by atoms with van der Waals surface area (Å²) in [6, 6.07) is 30.9. The van der Waals surface area contributed by atoms with Crippen molar-refractivity contribution in [1.29, 1.82) is 0 Å². The van der Waals surface area contributed by atoms with E-state index in [1.807, 2.05) is 69.5 Å². The lowest BCUT2D eigenvalue weighted by atomic mass is 9.63. The molecule has 2 aliphatic carbocycles. The molecule has 60 heavy (non-hydrogen) atoms. The lowest BCUT2D eigenvalue weighted by molar-refractivity contribution is -0.159. The Morgan fingerprint density at radius 3 is 1.72 bits per heavy atom. The monoisotopic (exact) mass is 835 g/mol. The molecule has 0 unspecified atom stereocenters. The summed E-state index contributed by atoms with van der Waals surface area (Å²) >= 11 is 0. The van der Waals surface area contributed by atoms with E-state index in [9.17, 15) is 4.79 Å². The van der Waals surface area contributed by atoms with Gasteiger partial charge in [0.25, 0.3) is 8.32 Å². The highest BCUT2D eigenvalue weighted by molar-refractivity contribution is 6.77. The third-order valence-electron chi connectivity index (χ3n) is 13.1. The number of ether oxygens (including phenoxy) is 4. The maximum absolute atomic E-state index is 13.8. The van der Waals surface area contributed by atoms with E-state index >= 15 is 0 Å². The lowest BCUT2D eigenvalue weighted by Gasteiger charge is -2.48. The molecule has 326 valence electrons. The predicted octanol–water partition coefficient (Wildman–Crippen LogP) is 14.2. The van der Waals surface area contributed by atoms with Crippen LogP contribution in [0.5, 0.6) is 0 Å². The number of allylic oxidation sites excluding steroid dienone is 3. The van der Waals surface area contributed by atoms with Gasteiger partial charge >= 0.3 is 5.97 Å². The summed E-state index contributed by atoms with van der Waals surface area (Å²) in [6.45, 7) is 28.1. The summed E-state index contributed by atoms with van der Waals surface area (Å²) in [6.07, 6.45) is 4.87. The van der Waals surface area contributed by atoms with Crippen molar-refractivity contribution in [3.05, 3.63) is 142 Å². The van der Waals surface area contributed by atoms with Gasteiger partial charge < -0.3 is 23.4 Å². The van der Waals surface area contributed by atoms with Crippen LogP contribution in [0.25, 0.3) is 0 Å². The van der Waals surface area contributed by atoms with Crippen molar-refractivity contribution in [3.8, 4) is 0 Å². The molecule has 0 aliphatic heterocycles. The van der Waals surface area contributed by atoms with Crippen LogP contribution in [0.2, 0.25) is 16.6 Å². The average molecular weight is 835 g/mol. The van der Waals surface area contributed by atoms with Crippen LogP contribution < -0.4 is 0 Å². The maximum Gasteiger partial charge on any atom is 0.311 e. The van der Waals surface area contributed by atoms with Crippen LogP contribution in [-0.4, -0.2) is 26.7 Å². The predicted molar refractivity (Wildman–Crippen MR) is 247 cm³/mol. The topological polar surface area (TPSA) is 63.2 Å². The first-order valence-electron chi connectivity index (χ1n) is 22.4. The molecule has 6 nitrogen and oxygen atoms in total. The normalized spacial score (nSPS) is 19.5. The minimum atomic E-state index is -2.32. The van der Waals surface area contributed by atoms with E-state index in [1.165, 1.54) is 5.57 Å². The first kappa shape index (κ1) is 47.1. The maximum atomic E-state index is 13.8. The van der Waals surface area contributed by atoms with E-state index in [0.29, 0.717) is 42.9 Å². The third-order valence-corrected chi connectivity index (χ3v) is 19.1. The zero-order valence-corrected chi connectivity index (χ0v) is 39.8. The number of hydrogen-bond donors (Lipinski definition) is 0. The number of hydrogen-bond acceptors (Lipinski definition) is 6. The summed E-state index contributed by atoms with van der Waals surface area (Å²) < 4.78 is 34.3. The summed E-state index contributed by atoms with van der Waals surface area (Å²) in [4.78, 5) is 13.8. The van der Waals surface area contributed by atoms with Gasteiger partial charge in [0.15, 0.2) is 6.29 Å². The first-order chi connectivity index (χ1) is 28.4. The fourth-order valence-corrected chi connectivity index (χ4v) is 14.9. The molecule has 0 radical (unpaired) electrons. The summed E-state index contributed by atoms with van der Waals surface area (Å²) in [5.74, 6) is 0.983. The highest BCUT2D eigenvalue weighted by atomic mass is 28.4. The quantitative estimate of drug-likeness (QED) is 0.0418. The van der Waals surface area contributed by atoms with Crippen LogP contribution in [0.4, 0.5) is 0 Å². The average Bonchev–Trinajstić information content (AvgIpc) is 3.20. The summed E-state index contributed by atoms with van der Waals surface area (Å²) in [5.41, 5.74) is 8.12. The van der Waals surface area contributed by atoms with Crippen molar-refractivity contribution >= 4 is 14.3 Å². The molecule has 5 rings (SSSR count). The molecule has 0 bridgehead atoms. The van der Waals surface area contributed by atoms with Gasteiger partial charge in [0, 0.05) is 6.42 Å². The lowest BCUT2D eigenvalue weighted by Crippen LogP contribution is -2.48. The van der Waals surface area contributed by atoms with Crippen molar-refractivity contribution in [2.75, 3.05) is 0 Å². The van der Waals surface area contributed by atoms with Crippen molar-refractivity contribution < 1.29 is 28.2 Å². The van der Waals surface area contributed by atoms with Crippen molar-refractivity contribution in [2.24, 2.45) is 16.7 Å². The molecule has 3 aromatic carbocycles. The molecule has 0 spiro atoms. The second-order valence-electron chi connectivity index (χ2n) is 19.6. The Morgan fingerprint density at radius 2 is 1.25 bits per heavy atom. The Morgan fingerprint density at radius 1 is 0.767 bits per heavy atom. The van der Waals surface area contributed by atoms with Crippen LogP contribution in [0.3, 0.4) is 0 Å². The molecule has 2 atom stereocenters. The van der Waals surface area contributed by atoms with E-state index in [1.54, 1.807) is 0 Å². The molecule has 0 saturated carbocycles. The zero-order valence-electron chi connectivity index (χ0n) is 38.8. The zero-order chi connectivity index (χ0) is 43.7. The third kappa shape index (κ3) is 11.5. The van der Waals surface area contributed by atoms with E-state index in [0.717, 1.165) is 64.9 Å². The van der Waals surface area contributed by atoms with Crippen LogP contribution in [0.1, 0.15) is 132 Å². The van der Waals surface area contributed by atoms with Gasteiger partial charge in [0.1, 0.15) is 12.7 Å². The molecule has 0 saturated heterocycles. The van der Waals surface area contributed by atoms with Crippen molar-refractivity contribution in [1.82, 2.24) is 0 Å². The SMILES string of the molecule is CC1=C(O[Si](C(C)C)(C(C)C)C(C)C)C[C@@H](CC2=C(C(OCc3ccccc3)OCc3ccccc3)CCC[C@H]2OC(=O)C(C)(C)C)C(C)(C)/C1=C/OCc1ccccc1. The second-order valence-corrected chi connectivity index (χ2v) is 25.0. The van der Waals surface area contributed by atoms with Crippen LogP contribution in [0.15, 0.2) is 125 Å². The van der Waals surface area contributed by atoms with Crippen LogP contribution in [0, 0.1) is 16.7 Å². The van der Waals surface area contributed by atoms with Gasteiger partial charge in [-0.05, 0) is 120 Å². The molecule has 0 fully saturated rings. The largest absolute Gasteiger partial charge is 0.545 e. The second kappa shape index (κ2) is 20.8. The minimum Gasteiger partial charge on any atom is -0.545 e. The van der Waals surface area contributed by atoms with Gasteiger partial charge in [-0.15, -0.1) is 0 Å². The molecule has 0 amide bonds. The molecule has 0 heterocycles. The van der Waals surface area contributed by atoms with Gasteiger partial charge in [-0.3, -0.25) is 4.79 Å². The standard InChI is InChI=1S/C53H74O6Si/c1-37(2)60(38(3)4,39(5)6)59-49-32-44(53(11,12)47(40(49)7)36-55-33-41-23-16-13-17-24-41)31-46-45(29-22-30-48(46)58-51(54)52(8,9)10)50(56-34-42-25-18-14-19-26-42)57-35-43-27-20-15-21-28-43/h13-21,23-28,36-39,44,48,50H,22,29-35H2,1-12H3/b47-36+/t44-,48-/m1/s1. The number of carbonyl (C=O) groups is 1. The van der Waals surface area contributed by atoms with E-state index in [4.69, 9.17) is 23.4 Å². The van der Waals surface area contributed by atoms with Gasteiger partial charge in [-0.25, -0.2) is 0 Å². The van der Waals surface area contributed by atoms with E-state index in [-0.39, 0.29) is 17.3 Å². The number of esters is 1. The first-order valence-corrected chi connectivity index (χ1v) is 24.6. The molecular formula is C53H74O6Si. The molecule has 3 aromatic rings. The molecule has 0 N–H and O–H groups in total. The van der Waals surface area contributed by atoms with Gasteiger partial charge in [-0.2, -0.15) is 0 Å². The van der Waals surface area contributed by atoms with Crippen LogP contribution in [-0.2, 0) is 48.0 Å². The molecule has 2 aliphatic rings. The molecular weight excluding hydrogens is 761 g/mol. The van der Waals surface area contributed by atoms with Crippen LogP contribution >= 0.6 is 0 Å². The van der Waals surface area contributed by atoms with Gasteiger partial charge in [0.05, 0.1) is 30.6 Å². The Labute approximate surface area is 363 Å². The number of carbonyl (C=O) groups excluding carboxylic acids is 1. The van der Waals surface area contributed by atoms with Gasteiger partial charge in [-0.1, -0.05) is 146 Å². The minimum absolute atomic E-state index is 0.101. The van der Waals surface area contributed by atoms with Crippen molar-refractivity contribution in [3.63, 3.8) is 0 Å². The highest BCUT2D eigenvalue weighted by Crippen LogP contribution is 2.54. The van der Waals surface area contributed by atoms with E-state index < -0.39 is 26.1 Å². The molecule has 0 aromatic heterocycles. The Hall–Kier alpha value is -3.91. The number of benzene rings is 3. The van der Waals surface area contributed by atoms with E-state index in [2.05, 4.69) is 111 Å². The van der Waals surface area contributed by atoms with Crippen molar-refractivity contribution in [2.45, 2.75) is 164 Å². The fraction of sp³-hybridized carbons (Fsp3) is 0.528.